The first kappa shape index (κ1) is 12.9. The van der Waals surface area contributed by atoms with Crippen LogP contribution in [0.15, 0.2) is 24.3 Å². The predicted molar refractivity (Wildman–Crippen MR) is 78.8 cm³/mol. The first-order valence-electron chi connectivity index (χ1n) is 7.44. The Hall–Kier alpha value is -1.06. The summed E-state index contributed by atoms with van der Waals surface area (Å²) in [4.78, 5) is 0. The fourth-order valence-electron chi connectivity index (χ4n) is 3.22. The SMILES string of the molecule is CC1(CNCCC2CNc3ccccc32)CCCO1. The Labute approximate surface area is 115 Å². The number of benzene rings is 1. The Morgan fingerprint density at radius 2 is 2.32 bits per heavy atom. The molecule has 2 atom stereocenters. The number of anilines is 1. The summed E-state index contributed by atoms with van der Waals surface area (Å²) in [5.41, 5.74) is 2.87. The van der Waals surface area contributed by atoms with E-state index in [0.29, 0.717) is 5.92 Å². The van der Waals surface area contributed by atoms with Crippen LogP contribution in [0.3, 0.4) is 0 Å². The molecule has 0 amide bonds. The molecular weight excluding hydrogens is 236 g/mol. The zero-order chi connectivity index (χ0) is 13.1. The molecule has 0 saturated carbocycles. The highest BCUT2D eigenvalue weighted by Gasteiger charge is 2.29. The molecule has 1 aromatic rings. The normalized spacial score (nSPS) is 29.2. The number of hydrogen-bond donors (Lipinski definition) is 2. The van der Waals surface area contributed by atoms with Gasteiger partial charge in [-0.25, -0.2) is 0 Å². The standard InChI is InChI=1S/C16H24N2O/c1-16(8-4-10-19-16)12-17-9-7-13-11-18-15-6-3-2-5-14(13)15/h2-3,5-6,13,17-18H,4,7-12H2,1H3. The molecule has 1 fully saturated rings. The molecule has 3 heteroatoms. The van der Waals surface area contributed by atoms with Gasteiger partial charge in [0.15, 0.2) is 0 Å². The second-order valence-corrected chi connectivity index (χ2v) is 6.03. The maximum atomic E-state index is 5.79. The van der Waals surface area contributed by atoms with Gasteiger partial charge in [-0.3, -0.25) is 0 Å². The summed E-state index contributed by atoms with van der Waals surface area (Å²) in [6.45, 7) is 6.28. The van der Waals surface area contributed by atoms with Crippen molar-refractivity contribution in [3.8, 4) is 0 Å². The molecule has 3 rings (SSSR count). The molecule has 0 bridgehead atoms. The average molecular weight is 260 g/mol. The molecule has 19 heavy (non-hydrogen) atoms. The van der Waals surface area contributed by atoms with E-state index in [0.717, 1.165) is 26.2 Å². The van der Waals surface area contributed by atoms with Crippen LogP contribution >= 0.6 is 0 Å². The Balaban J connectivity index is 1.44. The quantitative estimate of drug-likeness (QED) is 0.799. The molecule has 0 spiro atoms. The van der Waals surface area contributed by atoms with E-state index in [1.54, 1.807) is 0 Å². The smallest absolute Gasteiger partial charge is 0.0779 e. The van der Waals surface area contributed by atoms with E-state index in [2.05, 4.69) is 41.8 Å². The van der Waals surface area contributed by atoms with Crippen molar-refractivity contribution in [2.45, 2.75) is 37.7 Å². The number of ether oxygens (including phenoxy) is 1. The highest BCUT2D eigenvalue weighted by molar-refractivity contribution is 5.57. The average Bonchev–Trinajstić information content (AvgIpc) is 3.02. The molecule has 1 saturated heterocycles. The van der Waals surface area contributed by atoms with Crippen molar-refractivity contribution in [2.24, 2.45) is 0 Å². The lowest BCUT2D eigenvalue weighted by Gasteiger charge is -2.23. The third kappa shape index (κ3) is 2.93. The number of hydrogen-bond acceptors (Lipinski definition) is 3. The van der Waals surface area contributed by atoms with Gasteiger partial charge in [0.1, 0.15) is 0 Å². The molecule has 2 heterocycles. The molecule has 2 N–H and O–H groups in total. The minimum Gasteiger partial charge on any atom is -0.384 e. The van der Waals surface area contributed by atoms with Crippen molar-refractivity contribution < 1.29 is 4.74 Å². The summed E-state index contributed by atoms with van der Waals surface area (Å²) in [5, 5.41) is 7.06. The van der Waals surface area contributed by atoms with E-state index in [1.165, 1.54) is 30.5 Å². The Morgan fingerprint density at radius 1 is 1.42 bits per heavy atom. The Kier molecular flexibility index (Phi) is 3.76. The van der Waals surface area contributed by atoms with Gasteiger partial charge in [0.05, 0.1) is 5.60 Å². The zero-order valence-corrected chi connectivity index (χ0v) is 11.7. The predicted octanol–water partition coefficient (Wildman–Crippen LogP) is 2.74. The molecular formula is C16H24N2O. The molecule has 3 nitrogen and oxygen atoms in total. The summed E-state index contributed by atoms with van der Waals surface area (Å²) in [6.07, 6.45) is 3.59. The van der Waals surface area contributed by atoms with E-state index < -0.39 is 0 Å². The number of nitrogens with one attached hydrogen (secondary N) is 2. The zero-order valence-electron chi connectivity index (χ0n) is 11.7. The van der Waals surface area contributed by atoms with Crippen molar-refractivity contribution in [1.82, 2.24) is 5.32 Å². The largest absolute Gasteiger partial charge is 0.384 e. The first-order chi connectivity index (χ1) is 9.27. The van der Waals surface area contributed by atoms with Gasteiger partial charge >= 0.3 is 0 Å². The van der Waals surface area contributed by atoms with Gasteiger partial charge in [-0.2, -0.15) is 0 Å². The highest BCUT2D eigenvalue weighted by atomic mass is 16.5. The summed E-state index contributed by atoms with van der Waals surface area (Å²) >= 11 is 0. The van der Waals surface area contributed by atoms with Crippen molar-refractivity contribution in [3.63, 3.8) is 0 Å². The van der Waals surface area contributed by atoms with Gasteiger partial charge < -0.3 is 15.4 Å². The van der Waals surface area contributed by atoms with Gasteiger partial charge in [-0.1, -0.05) is 18.2 Å². The number of rotatable bonds is 5. The lowest BCUT2D eigenvalue weighted by molar-refractivity contribution is 0.0209. The summed E-state index contributed by atoms with van der Waals surface area (Å²) in [7, 11) is 0. The van der Waals surface area contributed by atoms with E-state index in [4.69, 9.17) is 4.74 Å². The molecule has 2 aliphatic rings. The molecule has 1 aromatic carbocycles. The van der Waals surface area contributed by atoms with E-state index in [1.807, 2.05) is 0 Å². The highest BCUT2D eigenvalue weighted by Crippen LogP contribution is 2.32. The Morgan fingerprint density at radius 3 is 3.16 bits per heavy atom. The van der Waals surface area contributed by atoms with Crippen molar-refractivity contribution in [2.75, 3.05) is 31.6 Å². The molecule has 0 aliphatic carbocycles. The van der Waals surface area contributed by atoms with Crippen molar-refractivity contribution in [1.29, 1.82) is 0 Å². The maximum Gasteiger partial charge on any atom is 0.0779 e. The minimum absolute atomic E-state index is 0.0752. The van der Waals surface area contributed by atoms with Gasteiger partial charge in [0, 0.05) is 31.3 Å². The van der Waals surface area contributed by atoms with Crippen molar-refractivity contribution in [3.05, 3.63) is 29.8 Å². The fraction of sp³-hybridized carbons (Fsp3) is 0.625. The van der Waals surface area contributed by atoms with Crippen LogP contribution in [0, 0.1) is 0 Å². The minimum atomic E-state index is 0.0752. The van der Waals surface area contributed by atoms with Crippen molar-refractivity contribution >= 4 is 5.69 Å². The van der Waals surface area contributed by atoms with E-state index in [-0.39, 0.29) is 5.60 Å². The molecule has 0 aromatic heterocycles. The van der Waals surface area contributed by atoms with Crippen LogP contribution in [0.2, 0.25) is 0 Å². The molecule has 2 unspecified atom stereocenters. The van der Waals surface area contributed by atoms with E-state index in [9.17, 15) is 0 Å². The summed E-state index contributed by atoms with van der Waals surface area (Å²) in [6, 6.07) is 8.67. The fourth-order valence-corrected chi connectivity index (χ4v) is 3.22. The molecule has 104 valence electrons. The second-order valence-electron chi connectivity index (χ2n) is 6.03. The lowest BCUT2D eigenvalue weighted by Crippen LogP contribution is -2.37. The molecule has 0 radical (unpaired) electrons. The van der Waals surface area contributed by atoms with Crippen LogP contribution < -0.4 is 10.6 Å². The van der Waals surface area contributed by atoms with Crippen LogP contribution in [-0.2, 0) is 4.74 Å². The van der Waals surface area contributed by atoms with Gasteiger partial charge in [-0.15, -0.1) is 0 Å². The van der Waals surface area contributed by atoms with Crippen LogP contribution in [0.5, 0.6) is 0 Å². The van der Waals surface area contributed by atoms with Crippen LogP contribution in [0.1, 0.15) is 37.7 Å². The van der Waals surface area contributed by atoms with Gasteiger partial charge in [-0.05, 0) is 44.4 Å². The van der Waals surface area contributed by atoms with Crippen LogP contribution in [0.25, 0.3) is 0 Å². The Bertz CT molecular complexity index is 427. The third-order valence-corrected chi connectivity index (χ3v) is 4.41. The number of fused-ring (bicyclic) bond motifs is 1. The summed E-state index contributed by atoms with van der Waals surface area (Å²) in [5.74, 6) is 0.654. The maximum absolute atomic E-state index is 5.79. The third-order valence-electron chi connectivity index (χ3n) is 4.41. The lowest BCUT2D eigenvalue weighted by atomic mass is 9.97. The number of para-hydroxylation sites is 1. The van der Waals surface area contributed by atoms with E-state index >= 15 is 0 Å². The second kappa shape index (κ2) is 5.51. The summed E-state index contributed by atoms with van der Waals surface area (Å²) < 4.78 is 5.79. The van der Waals surface area contributed by atoms with Crippen LogP contribution in [0.4, 0.5) is 5.69 Å². The topological polar surface area (TPSA) is 33.3 Å². The van der Waals surface area contributed by atoms with Gasteiger partial charge in [0.2, 0.25) is 0 Å². The van der Waals surface area contributed by atoms with Crippen LogP contribution in [-0.4, -0.2) is 31.8 Å². The molecule has 2 aliphatic heterocycles. The monoisotopic (exact) mass is 260 g/mol. The van der Waals surface area contributed by atoms with Gasteiger partial charge in [0.25, 0.3) is 0 Å². The first-order valence-corrected chi connectivity index (χ1v) is 7.44.